The Morgan fingerprint density at radius 3 is 2.14 bits per heavy atom. The molecule has 0 radical (unpaired) electrons. The maximum atomic E-state index is 9.01. The molecule has 1 aliphatic carbocycles. The second kappa shape index (κ2) is 15.9. The summed E-state index contributed by atoms with van der Waals surface area (Å²) < 4.78 is 22.4. The van der Waals surface area contributed by atoms with Crippen LogP contribution in [0.15, 0.2) is 152 Å². The van der Waals surface area contributed by atoms with Crippen LogP contribution < -0.4 is 9.30 Å². The summed E-state index contributed by atoms with van der Waals surface area (Å²) in [5.41, 5.74) is 14.5. The number of benzene rings is 7. The molecule has 7 aromatic carbocycles. The Labute approximate surface area is 397 Å². The standard InChI is InChI=1S/C59H50N4O.Pt/c1-37(2)39-28-29-60-54(30-39)63-53-35-44(26-27-49(53)56-50-23-14-17-38-16-13-22-47(55(38)50)46-20-9-10-21-48(46)57(56)63)64-45-33-41(59(6,7)8)32-43(34-45)62-36-61(51-24-11-12-25-52(51)62)42-19-15-18-40(31-42)58(3,4)5;/h9-33,37H,1-8H3;/q-2;/i37D;. The van der Waals surface area contributed by atoms with Gasteiger partial charge in [0.15, 0.2) is 0 Å². The van der Waals surface area contributed by atoms with Crippen LogP contribution in [0, 0.1) is 18.5 Å². The van der Waals surface area contributed by atoms with Crippen molar-refractivity contribution in [1.82, 2.24) is 14.1 Å². The molecule has 0 aliphatic heterocycles. The van der Waals surface area contributed by atoms with E-state index in [1.165, 1.54) is 21.9 Å². The zero-order valence-corrected chi connectivity index (χ0v) is 40.2. The minimum Gasteiger partial charge on any atom is -0.510 e. The van der Waals surface area contributed by atoms with Crippen LogP contribution in [0.2, 0.25) is 0 Å². The van der Waals surface area contributed by atoms with Crippen molar-refractivity contribution in [3.05, 3.63) is 187 Å². The van der Waals surface area contributed by atoms with Crippen molar-refractivity contribution in [1.29, 1.82) is 0 Å². The quantitative estimate of drug-likeness (QED) is 0.123. The van der Waals surface area contributed by atoms with Gasteiger partial charge in [-0.1, -0.05) is 158 Å². The van der Waals surface area contributed by atoms with Gasteiger partial charge >= 0.3 is 0 Å². The number of para-hydroxylation sites is 2. The van der Waals surface area contributed by atoms with Gasteiger partial charge in [-0.15, -0.1) is 29.7 Å². The molecule has 3 heterocycles. The molecule has 5 nitrogen and oxygen atoms in total. The topological polar surface area (TPSA) is 35.9 Å². The number of hydrogen-bond acceptors (Lipinski definition) is 2. The molecule has 0 atom stereocenters. The van der Waals surface area contributed by atoms with Gasteiger partial charge in [0, 0.05) is 51.4 Å². The van der Waals surface area contributed by atoms with Gasteiger partial charge in [0.25, 0.3) is 6.33 Å². The Hall–Kier alpha value is -6.55. The molecule has 6 heteroatoms. The number of hydrogen-bond donors (Lipinski definition) is 0. The minimum absolute atomic E-state index is 0. The van der Waals surface area contributed by atoms with Crippen molar-refractivity contribution in [2.75, 3.05) is 0 Å². The molecule has 65 heavy (non-hydrogen) atoms. The molecule has 0 bridgehead atoms. The van der Waals surface area contributed by atoms with Crippen LogP contribution in [-0.4, -0.2) is 14.1 Å². The molecule has 0 saturated heterocycles. The summed E-state index contributed by atoms with van der Waals surface area (Å²) in [6.45, 7) is 17.2. The molecule has 0 spiro atoms. The maximum absolute atomic E-state index is 9.01. The summed E-state index contributed by atoms with van der Waals surface area (Å²) in [5.74, 6) is 1.02. The fourth-order valence-corrected chi connectivity index (χ4v) is 9.36. The van der Waals surface area contributed by atoms with Crippen molar-refractivity contribution in [2.45, 2.75) is 72.1 Å². The van der Waals surface area contributed by atoms with E-state index in [-0.39, 0.29) is 31.9 Å². The number of nitrogens with zero attached hydrogens (tertiary/aromatic N) is 4. The second-order valence-electron chi connectivity index (χ2n) is 19.3. The van der Waals surface area contributed by atoms with Crippen LogP contribution >= 0.6 is 0 Å². The number of fused-ring (bicyclic) bond motifs is 8. The van der Waals surface area contributed by atoms with E-state index in [1.54, 1.807) is 0 Å². The molecule has 0 unspecified atom stereocenters. The third-order valence-electron chi connectivity index (χ3n) is 12.7. The number of pyridine rings is 1. The van der Waals surface area contributed by atoms with Crippen LogP contribution in [0.5, 0.6) is 11.5 Å². The second-order valence-corrected chi connectivity index (χ2v) is 19.3. The van der Waals surface area contributed by atoms with Gasteiger partial charge in [-0.2, -0.15) is 17.7 Å². The predicted octanol–water partition coefficient (Wildman–Crippen LogP) is 14.6. The SMILES string of the molecule is [2H]C(C)(C)c1ccnc(-n2c3c(c4ccc(Oc5[c-]c(-n6[c-][n+](-c7cccc(C(C)(C)C)c7)c7ccccc76)cc(C(C)(C)C)c5)[c-]c42)-c2cccc4cccc(c24)-c2ccccc2-3)c1.[Pt]. The third-order valence-corrected chi connectivity index (χ3v) is 12.7. The molecule has 0 N–H and O–H groups in total. The third kappa shape index (κ3) is 7.22. The van der Waals surface area contributed by atoms with E-state index in [9.17, 15) is 0 Å². The zero-order valence-electron chi connectivity index (χ0n) is 38.9. The molecule has 324 valence electrons. The first-order valence-corrected chi connectivity index (χ1v) is 22.1. The van der Waals surface area contributed by atoms with Crippen LogP contribution in [-0.2, 0) is 31.9 Å². The fraction of sp³-hybridized carbons (Fsp3) is 0.186. The van der Waals surface area contributed by atoms with E-state index in [0.29, 0.717) is 11.5 Å². The van der Waals surface area contributed by atoms with Crippen molar-refractivity contribution >= 4 is 32.7 Å². The molecular weight excluding hydrogens is 976 g/mol. The summed E-state index contributed by atoms with van der Waals surface area (Å²) in [6.07, 6.45) is 5.53. The van der Waals surface area contributed by atoms with Gasteiger partial charge < -0.3 is 13.9 Å². The largest absolute Gasteiger partial charge is 0.510 e. The van der Waals surface area contributed by atoms with Crippen LogP contribution in [0.3, 0.4) is 0 Å². The molecule has 10 aromatic rings. The molecule has 11 rings (SSSR count). The molecule has 3 aromatic heterocycles. The summed E-state index contributed by atoms with van der Waals surface area (Å²) in [6, 6.07) is 58.9. The number of ether oxygens (including phenoxy) is 1. The first-order valence-electron chi connectivity index (χ1n) is 22.6. The van der Waals surface area contributed by atoms with Crippen molar-refractivity contribution in [2.24, 2.45) is 0 Å². The molecular formula is C59H50N4OPt-2. The Bertz CT molecular complexity index is 3540. The Kier molecular flexibility index (Phi) is 10.0. The fourth-order valence-electron chi connectivity index (χ4n) is 9.36. The Morgan fingerprint density at radius 2 is 1.37 bits per heavy atom. The summed E-state index contributed by atoms with van der Waals surface area (Å²) in [5, 5.41) is 3.43. The van der Waals surface area contributed by atoms with Gasteiger partial charge in [-0.3, -0.25) is 4.57 Å². The number of imidazole rings is 1. The van der Waals surface area contributed by atoms with E-state index in [4.69, 9.17) is 11.1 Å². The Morgan fingerprint density at radius 1 is 0.662 bits per heavy atom. The van der Waals surface area contributed by atoms with Gasteiger partial charge in [-0.25, -0.2) is 4.98 Å². The average Bonchev–Trinajstić information content (AvgIpc) is 3.81. The van der Waals surface area contributed by atoms with Crippen LogP contribution in [0.4, 0.5) is 0 Å². The summed E-state index contributed by atoms with van der Waals surface area (Å²) in [4.78, 5) is 5.02. The average molecular weight is 1030 g/mol. The van der Waals surface area contributed by atoms with Gasteiger partial charge in [0.2, 0.25) is 0 Å². The van der Waals surface area contributed by atoms with Crippen molar-refractivity contribution in [3.8, 4) is 62.2 Å². The normalized spacial score (nSPS) is 12.7. The molecule has 0 fully saturated rings. The Balaban J connectivity index is 0.00000511. The first kappa shape index (κ1) is 41.2. The monoisotopic (exact) mass is 1030 g/mol. The van der Waals surface area contributed by atoms with Crippen LogP contribution in [0.25, 0.3) is 83.4 Å². The van der Waals surface area contributed by atoms with Gasteiger partial charge in [0.1, 0.15) is 5.82 Å². The number of aromatic nitrogens is 4. The first-order chi connectivity index (χ1) is 31.1. The predicted molar refractivity (Wildman–Crippen MR) is 261 cm³/mol. The zero-order chi connectivity index (χ0) is 45.0. The minimum atomic E-state index is -0.834. The van der Waals surface area contributed by atoms with Crippen molar-refractivity contribution < 1.29 is 31.7 Å². The summed E-state index contributed by atoms with van der Waals surface area (Å²) >= 11 is 0. The maximum Gasteiger partial charge on any atom is 0.268 e. The molecule has 0 amide bonds. The number of rotatable bonds is 6. The van der Waals surface area contributed by atoms with E-state index in [1.807, 2.05) is 38.2 Å². The molecule has 0 saturated carbocycles. The van der Waals surface area contributed by atoms with E-state index in [0.717, 1.165) is 78.2 Å². The van der Waals surface area contributed by atoms with Crippen molar-refractivity contribution in [3.63, 3.8) is 0 Å². The smallest absolute Gasteiger partial charge is 0.268 e. The van der Waals surface area contributed by atoms with E-state index in [2.05, 4.69) is 201 Å². The van der Waals surface area contributed by atoms with E-state index < -0.39 is 5.89 Å². The van der Waals surface area contributed by atoms with E-state index >= 15 is 0 Å². The van der Waals surface area contributed by atoms with Gasteiger partial charge in [0.05, 0.1) is 16.7 Å². The summed E-state index contributed by atoms with van der Waals surface area (Å²) in [7, 11) is 0. The van der Waals surface area contributed by atoms with Crippen LogP contribution in [0.1, 0.15) is 79.3 Å². The molecule has 1 aliphatic rings. The van der Waals surface area contributed by atoms with Gasteiger partial charge in [-0.05, 0) is 90.8 Å².